The number of hydrogen-bond donors (Lipinski definition) is 2. The van der Waals surface area contributed by atoms with Crippen molar-refractivity contribution in [1.29, 1.82) is 0 Å². The largest absolute Gasteiger partial charge is 0.397 e. The summed E-state index contributed by atoms with van der Waals surface area (Å²) in [5.74, 6) is 0.0707. The molecule has 0 spiro atoms. The first-order valence-electron chi connectivity index (χ1n) is 7.76. The van der Waals surface area contributed by atoms with Crippen molar-refractivity contribution in [3.63, 3.8) is 0 Å². The molecule has 21 heavy (non-hydrogen) atoms. The van der Waals surface area contributed by atoms with E-state index < -0.39 is 0 Å². The third-order valence-electron chi connectivity index (χ3n) is 4.32. The first-order chi connectivity index (χ1) is 10.2. The molecule has 1 fully saturated rings. The molecule has 3 rings (SSSR count). The van der Waals surface area contributed by atoms with Gasteiger partial charge in [0.1, 0.15) is 0 Å². The van der Waals surface area contributed by atoms with E-state index in [1.165, 1.54) is 5.56 Å². The smallest absolute Gasteiger partial charge is 0.224 e. The van der Waals surface area contributed by atoms with Gasteiger partial charge in [-0.3, -0.25) is 4.79 Å². The lowest BCUT2D eigenvalue weighted by Gasteiger charge is -2.29. The predicted octanol–water partition coefficient (Wildman–Crippen LogP) is 2.16. The van der Waals surface area contributed by atoms with Gasteiger partial charge in [-0.1, -0.05) is 0 Å². The zero-order valence-electron chi connectivity index (χ0n) is 12.5. The number of carbonyl (C=O) groups is 1. The average Bonchev–Trinajstić information content (AvgIpc) is 2.97. The van der Waals surface area contributed by atoms with E-state index in [1.54, 1.807) is 0 Å². The molecule has 2 aliphatic heterocycles. The number of nitrogens with one attached hydrogen (secondary N) is 1. The number of hydrogen-bond acceptors (Lipinski definition) is 4. The Morgan fingerprint density at radius 3 is 3.00 bits per heavy atom. The number of carbonyl (C=O) groups excluding carboxylic acids is 1. The standard InChI is InChI=1S/C16H23N3O2/c1-2-19(10-12-4-3-7-21-12)15-8-11-5-6-16(20)18-14(11)9-13(15)17/h8-9,12H,2-7,10,17H2,1H3,(H,18,20). The summed E-state index contributed by atoms with van der Waals surface area (Å²) in [6, 6.07) is 4.02. The minimum atomic E-state index is 0.0707. The van der Waals surface area contributed by atoms with Gasteiger partial charge < -0.3 is 20.7 Å². The Bertz CT molecular complexity index is 539. The Morgan fingerprint density at radius 2 is 2.29 bits per heavy atom. The number of nitrogens with two attached hydrogens (primary N) is 1. The summed E-state index contributed by atoms with van der Waals surface area (Å²) in [7, 11) is 0. The monoisotopic (exact) mass is 289 g/mol. The zero-order chi connectivity index (χ0) is 14.8. The molecular weight excluding hydrogens is 266 g/mol. The van der Waals surface area contributed by atoms with Gasteiger partial charge in [-0.15, -0.1) is 0 Å². The molecule has 5 nitrogen and oxygen atoms in total. The van der Waals surface area contributed by atoms with Gasteiger partial charge in [0, 0.05) is 31.8 Å². The number of fused-ring (bicyclic) bond motifs is 1. The highest BCUT2D eigenvalue weighted by molar-refractivity contribution is 5.95. The lowest BCUT2D eigenvalue weighted by Crippen LogP contribution is -2.33. The molecule has 5 heteroatoms. The highest BCUT2D eigenvalue weighted by Gasteiger charge is 2.22. The van der Waals surface area contributed by atoms with Gasteiger partial charge in [-0.2, -0.15) is 0 Å². The van der Waals surface area contributed by atoms with E-state index in [4.69, 9.17) is 10.5 Å². The van der Waals surface area contributed by atoms with Crippen LogP contribution in [-0.4, -0.2) is 31.7 Å². The Balaban J connectivity index is 1.84. The normalized spacial score (nSPS) is 21.0. The van der Waals surface area contributed by atoms with Crippen LogP contribution in [0.1, 0.15) is 31.7 Å². The third-order valence-corrected chi connectivity index (χ3v) is 4.32. The van der Waals surface area contributed by atoms with Crippen molar-refractivity contribution < 1.29 is 9.53 Å². The molecule has 2 heterocycles. The highest BCUT2D eigenvalue weighted by Crippen LogP contribution is 2.33. The summed E-state index contributed by atoms with van der Waals surface area (Å²) in [6.45, 7) is 4.78. The molecule has 2 aliphatic rings. The number of likely N-dealkylation sites (N-methyl/N-ethyl adjacent to an activating group) is 1. The maximum Gasteiger partial charge on any atom is 0.224 e. The molecule has 0 radical (unpaired) electrons. The fraction of sp³-hybridized carbons (Fsp3) is 0.562. The van der Waals surface area contributed by atoms with Crippen LogP contribution in [0.4, 0.5) is 17.1 Å². The third kappa shape index (κ3) is 2.97. The van der Waals surface area contributed by atoms with Crippen molar-refractivity contribution in [2.75, 3.05) is 35.6 Å². The van der Waals surface area contributed by atoms with Crippen LogP contribution in [0.5, 0.6) is 0 Å². The number of ether oxygens (including phenoxy) is 1. The molecule has 0 aromatic heterocycles. The van der Waals surface area contributed by atoms with Crippen molar-refractivity contribution in [2.45, 2.75) is 38.7 Å². The Morgan fingerprint density at radius 1 is 1.43 bits per heavy atom. The van der Waals surface area contributed by atoms with E-state index in [1.807, 2.05) is 6.07 Å². The second-order valence-corrected chi connectivity index (χ2v) is 5.79. The fourth-order valence-corrected chi connectivity index (χ4v) is 3.14. The van der Waals surface area contributed by atoms with Crippen LogP contribution in [0.25, 0.3) is 0 Å². The first kappa shape index (κ1) is 14.2. The van der Waals surface area contributed by atoms with Crippen LogP contribution < -0.4 is 16.0 Å². The lowest BCUT2D eigenvalue weighted by molar-refractivity contribution is -0.116. The molecule has 1 amide bonds. The van der Waals surface area contributed by atoms with Gasteiger partial charge >= 0.3 is 0 Å². The topological polar surface area (TPSA) is 67.6 Å². The molecule has 0 bridgehead atoms. The molecule has 1 aromatic rings. The predicted molar refractivity (Wildman–Crippen MR) is 84.7 cm³/mol. The maximum absolute atomic E-state index is 11.5. The summed E-state index contributed by atoms with van der Waals surface area (Å²) in [4.78, 5) is 13.7. The zero-order valence-corrected chi connectivity index (χ0v) is 12.5. The molecule has 0 saturated carbocycles. The summed E-state index contributed by atoms with van der Waals surface area (Å²) in [5.41, 5.74) is 10.0. The number of anilines is 3. The van der Waals surface area contributed by atoms with Crippen LogP contribution in [0.3, 0.4) is 0 Å². The summed E-state index contributed by atoms with van der Waals surface area (Å²) < 4.78 is 5.73. The summed E-state index contributed by atoms with van der Waals surface area (Å²) in [5, 5.41) is 2.90. The quantitative estimate of drug-likeness (QED) is 0.834. The molecular formula is C16H23N3O2. The Kier molecular flexibility index (Phi) is 4.01. The SMILES string of the molecule is CCN(CC1CCCO1)c1cc2c(cc1N)NC(=O)CC2. The number of benzene rings is 1. The van der Waals surface area contributed by atoms with Crippen LogP contribution in [0, 0.1) is 0 Å². The molecule has 1 unspecified atom stereocenters. The second-order valence-electron chi connectivity index (χ2n) is 5.79. The van der Waals surface area contributed by atoms with E-state index in [2.05, 4.69) is 23.2 Å². The average molecular weight is 289 g/mol. The van der Waals surface area contributed by atoms with E-state index in [-0.39, 0.29) is 5.91 Å². The molecule has 114 valence electrons. The van der Waals surface area contributed by atoms with Gasteiger partial charge in [0.05, 0.1) is 17.5 Å². The van der Waals surface area contributed by atoms with Gasteiger partial charge in [0.25, 0.3) is 0 Å². The molecule has 0 aliphatic carbocycles. The molecule has 1 aromatic carbocycles. The number of amides is 1. The van der Waals surface area contributed by atoms with E-state index >= 15 is 0 Å². The number of aryl methyl sites for hydroxylation is 1. The minimum Gasteiger partial charge on any atom is -0.397 e. The number of rotatable bonds is 4. The van der Waals surface area contributed by atoms with Gasteiger partial charge in [0.2, 0.25) is 5.91 Å². The second kappa shape index (κ2) is 5.93. The molecule has 1 atom stereocenters. The number of nitrogens with zero attached hydrogens (tertiary/aromatic N) is 1. The maximum atomic E-state index is 11.5. The minimum absolute atomic E-state index is 0.0707. The van der Waals surface area contributed by atoms with E-state index in [0.717, 1.165) is 56.0 Å². The van der Waals surface area contributed by atoms with Crippen molar-refractivity contribution >= 4 is 23.0 Å². The molecule has 1 saturated heterocycles. The van der Waals surface area contributed by atoms with Crippen molar-refractivity contribution in [3.05, 3.63) is 17.7 Å². The van der Waals surface area contributed by atoms with Crippen molar-refractivity contribution in [2.24, 2.45) is 0 Å². The fourth-order valence-electron chi connectivity index (χ4n) is 3.14. The van der Waals surface area contributed by atoms with E-state index in [0.29, 0.717) is 12.5 Å². The van der Waals surface area contributed by atoms with Crippen LogP contribution in [-0.2, 0) is 16.0 Å². The van der Waals surface area contributed by atoms with E-state index in [9.17, 15) is 4.79 Å². The van der Waals surface area contributed by atoms with Crippen molar-refractivity contribution in [1.82, 2.24) is 0 Å². The van der Waals surface area contributed by atoms with Gasteiger partial charge in [0.15, 0.2) is 0 Å². The summed E-state index contributed by atoms with van der Waals surface area (Å²) >= 11 is 0. The highest BCUT2D eigenvalue weighted by atomic mass is 16.5. The van der Waals surface area contributed by atoms with Crippen molar-refractivity contribution in [3.8, 4) is 0 Å². The van der Waals surface area contributed by atoms with Crippen LogP contribution in [0.15, 0.2) is 12.1 Å². The Hall–Kier alpha value is -1.75. The first-order valence-corrected chi connectivity index (χ1v) is 7.76. The van der Waals surface area contributed by atoms with Crippen LogP contribution in [0.2, 0.25) is 0 Å². The van der Waals surface area contributed by atoms with Gasteiger partial charge in [-0.25, -0.2) is 0 Å². The van der Waals surface area contributed by atoms with Gasteiger partial charge in [-0.05, 0) is 43.9 Å². The summed E-state index contributed by atoms with van der Waals surface area (Å²) in [6.07, 6.45) is 3.91. The number of nitrogen functional groups attached to an aromatic ring is 1. The van der Waals surface area contributed by atoms with Crippen LogP contribution >= 0.6 is 0 Å². The molecule has 3 N–H and O–H groups in total. The Labute approximate surface area is 125 Å². The lowest BCUT2D eigenvalue weighted by atomic mass is 10.0.